The van der Waals surface area contributed by atoms with E-state index in [2.05, 4.69) is 15.5 Å². The van der Waals surface area contributed by atoms with Gasteiger partial charge in [-0.05, 0) is 18.6 Å². The fourth-order valence-electron chi connectivity index (χ4n) is 1.73. The van der Waals surface area contributed by atoms with Crippen LogP contribution in [0.2, 0.25) is 0 Å². The van der Waals surface area contributed by atoms with Crippen molar-refractivity contribution >= 4 is 5.91 Å². The number of aryl methyl sites for hydroxylation is 1. The van der Waals surface area contributed by atoms with Gasteiger partial charge in [-0.2, -0.15) is 0 Å². The minimum atomic E-state index is -0.509. The first-order valence-corrected chi connectivity index (χ1v) is 6.53. The molecule has 6 heteroatoms. The lowest BCUT2D eigenvalue weighted by Crippen LogP contribution is -2.38. The number of ether oxygens (including phenoxy) is 1. The summed E-state index contributed by atoms with van der Waals surface area (Å²) in [4.78, 5) is 12.1. The summed E-state index contributed by atoms with van der Waals surface area (Å²) in [6.07, 6.45) is 1.68. The molecule has 1 atom stereocenters. The minimum absolute atomic E-state index is 0.153. The highest BCUT2D eigenvalue weighted by molar-refractivity contribution is 5.80. The maximum absolute atomic E-state index is 12.1. The topological polar surface area (TPSA) is 69.0 Å². The maximum Gasteiger partial charge on any atom is 0.261 e. The van der Waals surface area contributed by atoms with Crippen molar-refractivity contribution in [2.45, 2.75) is 26.0 Å². The van der Waals surface area contributed by atoms with Crippen molar-refractivity contribution in [3.8, 4) is 5.75 Å². The van der Waals surface area contributed by atoms with Crippen LogP contribution in [0.5, 0.6) is 5.75 Å². The average molecular weight is 274 g/mol. The predicted octanol–water partition coefficient (Wildman–Crippen LogP) is 1.29. The van der Waals surface area contributed by atoms with E-state index in [1.807, 2.05) is 44.3 Å². The Morgan fingerprint density at radius 3 is 2.75 bits per heavy atom. The lowest BCUT2D eigenvalue weighted by atomic mass is 10.2. The Bertz CT molecular complexity index is 553. The largest absolute Gasteiger partial charge is 0.481 e. The fourth-order valence-corrected chi connectivity index (χ4v) is 1.73. The minimum Gasteiger partial charge on any atom is -0.481 e. The van der Waals surface area contributed by atoms with E-state index in [0.29, 0.717) is 24.5 Å². The third kappa shape index (κ3) is 3.57. The molecule has 0 fully saturated rings. The SMILES string of the molecule is CC[C@H](Oc1ccccc1)C(=O)NCc1nncn1C. The number of para-hydroxylation sites is 1. The van der Waals surface area contributed by atoms with Crippen molar-refractivity contribution in [1.29, 1.82) is 0 Å². The number of nitrogens with one attached hydrogen (secondary N) is 1. The standard InChI is InChI=1S/C14H18N4O2/c1-3-12(20-11-7-5-4-6-8-11)14(19)15-9-13-17-16-10-18(13)2/h4-8,10,12H,3,9H2,1-2H3,(H,15,19)/t12-/m0/s1. The van der Waals surface area contributed by atoms with E-state index >= 15 is 0 Å². The Labute approximate surface area is 117 Å². The van der Waals surface area contributed by atoms with E-state index in [4.69, 9.17) is 4.74 Å². The number of aromatic nitrogens is 3. The smallest absolute Gasteiger partial charge is 0.261 e. The lowest BCUT2D eigenvalue weighted by Gasteiger charge is -2.17. The molecule has 0 unspecified atom stereocenters. The summed E-state index contributed by atoms with van der Waals surface area (Å²) >= 11 is 0. The second-order valence-electron chi connectivity index (χ2n) is 4.40. The molecule has 2 aromatic rings. The van der Waals surface area contributed by atoms with Gasteiger partial charge < -0.3 is 14.6 Å². The zero-order chi connectivity index (χ0) is 14.4. The highest BCUT2D eigenvalue weighted by Gasteiger charge is 2.18. The normalized spacial score (nSPS) is 11.9. The average Bonchev–Trinajstić information content (AvgIpc) is 2.88. The summed E-state index contributed by atoms with van der Waals surface area (Å²) in [7, 11) is 1.83. The molecule has 1 heterocycles. The molecule has 6 nitrogen and oxygen atoms in total. The van der Waals surface area contributed by atoms with Crippen molar-refractivity contribution in [1.82, 2.24) is 20.1 Å². The monoisotopic (exact) mass is 274 g/mol. The number of rotatable bonds is 6. The van der Waals surface area contributed by atoms with Gasteiger partial charge in [0.15, 0.2) is 11.9 Å². The van der Waals surface area contributed by atoms with Gasteiger partial charge in [-0.15, -0.1) is 10.2 Å². The van der Waals surface area contributed by atoms with Gasteiger partial charge in [0.05, 0.1) is 6.54 Å². The van der Waals surface area contributed by atoms with Crippen molar-refractivity contribution in [3.63, 3.8) is 0 Å². The van der Waals surface area contributed by atoms with Crippen LogP contribution < -0.4 is 10.1 Å². The summed E-state index contributed by atoms with van der Waals surface area (Å²) < 4.78 is 7.43. The number of carbonyl (C=O) groups excluding carboxylic acids is 1. The molecule has 20 heavy (non-hydrogen) atoms. The maximum atomic E-state index is 12.1. The summed E-state index contributed by atoms with van der Waals surface area (Å²) in [6, 6.07) is 9.32. The first-order valence-electron chi connectivity index (χ1n) is 6.53. The first-order chi connectivity index (χ1) is 9.70. The van der Waals surface area contributed by atoms with Crippen LogP contribution in [-0.2, 0) is 18.4 Å². The molecule has 0 bridgehead atoms. The summed E-state index contributed by atoms with van der Waals surface area (Å²) in [6.45, 7) is 2.25. The highest BCUT2D eigenvalue weighted by atomic mass is 16.5. The predicted molar refractivity (Wildman–Crippen MR) is 74.0 cm³/mol. The van der Waals surface area contributed by atoms with Gasteiger partial charge in [-0.25, -0.2) is 0 Å². The summed E-state index contributed by atoms with van der Waals surface area (Å²) in [5.74, 6) is 1.24. The number of amides is 1. The van der Waals surface area contributed by atoms with E-state index in [1.165, 1.54) is 0 Å². The number of carbonyl (C=O) groups is 1. The second kappa shape index (κ2) is 6.70. The molecule has 0 aliphatic heterocycles. The molecule has 1 amide bonds. The summed E-state index contributed by atoms with van der Waals surface area (Å²) in [5.41, 5.74) is 0. The number of benzene rings is 1. The van der Waals surface area contributed by atoms with Crippen molar-refractivity contribution in [2.75, 3.05) is 0 Å². The van der Waals surface area contributed by atoms with Gasteiger partial charge >= 0.3 is 0 Å². The third-order valence-corrected chi connectivity index (χ3v) is 2.91. The Morgan fingerprint density at radius 1 is 1.40 bits per heavy atom. The number of nitrogens with zero attached hydrogens (tertiary/aromatic N) is 3. The van der Waals surface area contributed by atoms with Crippen molar-refractivity contribution < 1.29 is 9.53 Å². The van der Waals surface area contributed by atoms with Gasteiger partial charge in [0.25, 0.3) is 5.91 Å². The molecule has 2 rings (SSSR count). The first kappa shape index (κ1) is 14.0. The Kier molecular flexibility index (Phi) is 4.70. The third-order valence-electron chi connectivity index (χ3n) is 2.91. The van der Waals surface area contributed by atoms with Crippen LogP contribution >= 0.6 is 0 Å². The van der Waals surface area contributed by atoms with E-state index < -0.39 is 6.10 Å². The summed E-state index contributed by atoms with van der Waals surface area (Å²) in [5, 5.41) is 10.5. The molecule has 1 aromatic heterocycles. The molecule has 0 spiro atoms. The highest BCUT2D eigenvalue weighted by Crippen LogP contribution is 2.12. The quantitative estimate of drug-likeness (QED) is 0.861. The van der Waals surface area contributed by atoms with Crippen LogP contribution in [0.25, 0.3) is 0 Å². The number of hydrogen-bond donors (Lipinski definition) is 1. The van der Waals surface area contributed by atoms with E-state index in [9.17, 15) is 4.79 Å². The molecule has 1 aromatic carbocycles. The van der Waals surface area contributed by atoms with Gasteiger partial charge in [-0.3, -0.25) is 4.79 Å². The van der Waals surface area contributed by atoms with Crippen LogP contribution in [0.4, 0.5) is 0 Å². The van der Waals surface area contributed by atoms with Gasteiger partial charge in [0, 0.05) is 7.05 Å². The van der Waals surface area contributed by atoms with Crippen molar-refractivity contribution in [2.24, 2.45) is 7.05 Å². The molecule has 106 valence electrons. The van der Waals surface area contributed by atoms with Crippen LogP contribution in [0.1, 0.15) is 19.2 Å². The molecular formula is C14H18N4O2. The van der Waals surface area contributed by atoms with Crippen LogP contribution in [-0.4, -0.2) is 26.8 Å². The Balaban J connectivity index is 1.91. The molecule has 0 aliphatic carbocycles. The Morgan fingerprint density at radius 2 is 2.15 bits per heavy atom. The molecule has 0 saturated carbocycles. The molecule has 0 saturated heterocycles. The second-order valence-corrected chi connectivity index (χ2v) is 4.40. The molecule has 0 radical (unpaired) electrons. The van der Waals surface area contributed by atoms with E-state index in [0.717, 1.165) is 0 Å². The zero-order valence-corrected chi connectivity index (χ0v) is 11.6. The molecule has 1 N–H and O–H groups in total. The zero-order valence-electron chi connectivity index (χ0n) is 11.6. The van der Waals surface area contributed by atoms with E-state index in [-0.39, 0.29) is 5.91 Å². The molecular weight excluding hydrogens is 256 g/mol. The van der Waals surface area contributed by atoms with Crippen LogP contribution in [0.3, 0.4) is 0 Å². The van der Waals surface area contributed by atoms with Crippen molar-refractivity contribution in [3.05, 3.63) is 42.5 Å². The number of hydrogen-bond acceptors (Lipinski definition) is 4. The van der Waals surface area contributed by atoms with E-state index in [1.54, 1.807) is 10.9 Å². The van der Waals surface area contributed by atoms with Crippen LogP contribution in [0.15, 0.2) is 36.7 Å². The van der Waals surface area contributed by atoms with Crippen LogP contribution in [0, 0.1) is 0 Å². The fraction of sp³-hybridized carbons (Fsp3) is 0.357. The van der Waals surface area contributed by atoms with Gasteiger partial charge in [0.2, 0.25) is 0 Å². The lowest BCUT2D eigenvalue weighted by molar-refractivity contribution is -0.128. The Hall–Kier alpha value is -2.37. The van der Waals surface area contributed by atoms with Gasteiger partial charge in [0.1, 0.15) is 12.1 Å². The van der Waals surface area contributed by atoms with Gasteiger partial charge in [-0.1, -0.05) is 25.1 Å². The molecule has 0 aliphatic rings.